The minimum Gasteiger partial charge on any atom is -0.391 e. The first-order valence-corrected chi connectivity index (χ1v) is 7.82. The van der Waals surface area contributed by atoms with Gasteiger partial charge in [0.2, 0.25) is 0 Å². The molecule has 1 aliphatic heterocycles. The second kappa shape index (κ2) is 6.88. The van der Waals surface area contributed by atoms with Gasteiger partial charge in [0.25, 0.3) is 0 Å². The summed E-state index contributed by atoms with van der Waals surface area (Å²) in [6.07, 6.45) is 9.78. The van der Waals surface area contributed by atoms with Gasteiger partial charge in [0.05, 0.1) is 6.10 Å². The molecule has 0 amide bonds. The Labute approximate surface area is 112 Å². The normalized spacial score (nSPS) is 35.7. The van der Waals surface area contributed by atoms with Crippen molar-refractivity contribution >= 4 is 0 Å². The zero-order chi connectivity index (χ0) is 13.0. The summed E-state index contributed by atoms with van der Waals surface area (Å²) in [5.41, 5.74) is 0. The number of hydrogen-bond acceptors (Lipinski definition) is 3. The Morgan fingerprint density at radius 2 is 1.89 bits per heavy atom. The minimum atomic E-state index is -0.106. The van der Waals surface area contributed by atoms with Crippen LogP contribution in [0.1, 0.15) is 58.3 Å². The first-order valence-electron chi connectivity index (χ1n) is 7.82. The van der Waals surface area contributed by atoms with Crippen molar-refractivity contribution in [3.05, 3.63) is 0 Å². The average molecular weight is 254 g/mol. The second-order valence-electron chi connectivity index (χ2n) is 6.32. The highest BCUT2D eigenvalue weighted by atomic mass is 16.3. The van der Waals surface area contributed by atoms with Gasteiger partial charge in [-0.2, -0.15) is 0 Å². The lowest BCUT2D eigenvalue weighted by atomic mass is 9.89. The summed E-state index contributed by atoms with van der Waals surface area (Å²) in [7, 11) is 2.20. The Morgan fingerprint density at radius 1 is 1.17 bits per heavy atom. The van der Waals surface area contributed by atoms with Crippen LogP contribution in [-0.4, -0.2) is 47.8 Å². The highest BCUT2D eigenvalue weighted by molar-refractivity contribution is 4.86. The van der Waals surface area contributed by atoms with E-state index in [-0.39, 0.29) is 6.10 Å². The van der Waals surface area contributed by atoms with Gasteiger partial charge in [-0.25, -0.2) is 0 Å². The van der Waals surface area contributed by atoms with E-state index in [0.717, 1.165) is 6.42 Å². The lowest BCUT2D eigenvalue weighted by Gasteiger charge is -2.40. The van der Waals surface area contributed by atoms with E-state index in [0.29, 0.717) is 18.1 Å². The monoisotopic (exact) mass is 254 g/mol. The smallest absolute Gasteiger partial charge is 0.0695 e. The second-order valence-corrected chi connectivity index (χ2v) is 6.32. The summed E-state index contributed by atoms with van der Waals surface area (Å²) < 4.78 is 0. The van der Waals surface area contributed by atoms with Crippen molar-refractivity contribution in [3.8, 4) is 0 Å². The van der Waals surface area contributed by atoms with E-state index in [1.807, 2.05) is 0 Å². The molecular formula is C15H30N2O. The number of aliphatic hydroxyl groups excluding tert-OH is 1. The maximum atomic E-state index is 10.1. The van der Waals surface area contributed by atoms with Crippen LogP contribution in [0, 0.1) is 0 Å². The number of nitrogens with zero attached hydrogens (tertiary/aromatic N) is 1. The molecule has 3 nitrogen and oxygen atoms in total. The number of rotatable bonds is 4. The van der Waals surface area contributed by atoms with Crippen molar-refractivity contribution in [1.29, 1.82) is 0 Å². The van der Waals surface area contributed by atoms with Crippen LogP contribution in [0.25, 0.3) is 0 Å². The first-order chi connectivity index (χ1) is 8.68. The topological polar surface area (TPSA) is 35.5 Å². The highest BCUT2D eigenvalue weighted by Crippen LogP contribution is 2.25. The first kappa shape index (κ1) is 14.3. The number of aliphatic hydroxyl groups is 1. The Balaban J connectivity index is 1.81. The molecule has 1 saturated heterocycles. The summed E-state index contributed by atoms with van der Waals surface area (Å²) in [5.74, 6) is 0. The van der Waals surface area contributed by atoms with Crippen molar-refractivity contribution < 1.29 is 5.11 Å². The molecule has 106 valence electrons. The van der Waals surface area contributed by atoms with E-state index in [1.54, 1.807) is 0 Å². The third-order valence-corrected chi connectivity index (χ3v) is 4.95. The lowest BCUT2D eigenvalue weighted by molar-refractivity contribution is 0.0121. The average Bonchev–Trinajstić information content (AvgIpc) is 2.39. The predicted molar refractivity (Wildman–Crippen MR) is 75.7 cm³/mol. The number of hydrogen-bond donors (Lipinski definition) is 2. The van der Waals surface area contributed by atoms with Gasteiger partial charge < -0.3 is 10.4 Å². The van der Waals surface area contributed by atoms with Crippen LogP contribution in [0.15, 0.2) is 0 Å². The molecule has 0 aromatic rings. The van der Waals surface area contributed by atoms with Gasteiger partial charge in [-0.15, -0.1) is 0 Å². The molecule has 2 rings (SSSR count). The molecule has 3 heteroatoms. The molecule has 1 saturated carbocycles. The zero-order valence-corrected chi connectivity index (χ0v) is 12.1. The molecule has 0 spiro atoms. The lowest BCUT2D eigenvalue weighted by Crippen LogP contribution is -2.49. The summed E-state index contributed by atoms with van der Waals surface area (Å²) >= 11 is 0. The van der Waals surface area contributed by atoms with Gasteiger partial charge in [-0.1, -0.05) is 19.3 Å². The van der Waals surface area contributed by atoms with Crippen LogP contribution in [0.4, 0.5) is 0 Å². The third kappa shape index (κ3) is 3.69. The van der Waals surface area contributed by atoms with Gasteiger partial charge >= 0.3 is 0 Å². The SMILES string of the molecule is CC(CC1CCCCN1)N(C)C1CCCCC1O. The molecule has 18 heavy (non-hydrogen) atoms. The summed E-state index contributed by atoms with van der Waals surface area (Å²) in [6.45, 7) is 3.50. The molecule has 2 aliphatic rings. The van der Waals surface area contributed by atoms with E-state index in [1.165, 1.54) is 51.5 Å². The van der Waals surface area contributed by atoms with Crippen molar-refractivity contribution in [2.75, 3.05) is 13.6 Å². The summed E-state index contributed by atoms with van der Waals surface area (Å²) in [6, 6.07) is 1.65. The van der Waals surface area contributed by atoms with Gasteiger partial charge in [0.15, 0.2) is 0 Å². The molecule has 0 bridgehead atoms. The number of piperidine rings is 1. The summed E-state index contributed by atoms with van der Waals surface area (Å²) in [5, 5.41) is 13.8. The highest BCUT2D eigenvalue weighted by Gasteiger charge is 2.30. The number of likely N-dealkylation sites (N-methyl/N-ethyl adjacent to an activating group) is 1. The Hall–Kier alpha value is -0.120. The molecule has 4 atom stereocenters. The van der Waals surface area contributed by atoms with Gasteiger partial charge in [-0.3, -0.25) is 4.90 Å². The van der Waals surface area contributed by atoms with Gasteiger partial charge in [0.1, 0.15) is 0 Å². The largest absolute Gasteiger partial charge is 0.391 e. The van der Waals surface area contributed by atoms with E-state index >= 15 is 0 Å². The minimum absolute atomic E-state index is 0.106. The van der Waals surface area contributed by atoms with Crippen LogP contribution < -0.4 is 5.32 Å². The Bertz CT molecular complexity index is 241. The van der Waals surface area contributed by atoms with Crippen molar-refractivity contribution in [1.82, 2.24) is 10.2 Å². The molecule has 1 aliphatic carbocycles. The fraction of sp³-hybridized carbons (Fsp3) is 1.00. The fourth-order valence-electron chi connectivity index (χ4n) is 3.60. The van der Waals surface area contributed by atoms with E-state index in [9.17, 15) is 5.11 Å². The maximum Gasteiger partial charge on any atom is 0.0695 e. The molecule has 4 unspecified atom stereocenters. The van der Waals surface area contributed by atoms with Gasteiger partial charge in [-0.05, 0) is 52.6 Å². The molecule has 0 aromatic carbocycles. The van der Waals surface area contributed by atoms with Gasteiger partial charge in [0, 0.05) is 18.1 Å². The van der Waals surface area contributed by atoms with Crippen LogP contribution in [0.5, 0.6) is 0 Å². The zero-order valence-electron chi connectivity index (χ0n) is 12.1. The van der Waals surface area contributed by atoms with E-state index in [2.05, 4.69) is 24.2 Å². The Kier molecular flexibility index (Phi) is 5.46. The fourth-order valence-corrected chi connectivity index (χ4v) is 3.60. The maximum absolute atomic E-state index is 10.1. The molecular weight excluding hydrogens is 224 g/mol. The quantitative estimate of drug-likeness (QED) is 0.807. The third-order valence-electron chi connectivity index (χ3n) is 4.95. The molecule has 0 radical (unpaired) electrons. The Morgan fingerprint density at radius 3 is 2.56 bits per heavy atom. The van der Waals surface area contributed by atoms with Crippen LogP contribution in [-0.2, 0) is 0 Å². The van der Waals surface area contributed by atoms with Crippen LogP contribution in [0.2, 0.25) is 0 Å². The molecule has 0 aromatic heterocycles. The predicted octanol–water partition coefficient (Wildman–Crippen LogP) is 2.14. The number of nitrogens with one attached hydrogen (secondary N) is 1. The van der Waals surface area contributed by atoms with E-state index < -0.39 is 0 Å². The van der Waals surface area contributed by atoms with Crippen LogP contribution >= 0.6 is 0 Å². The van der Waals surface area contributed by atoms with Crippen molar-refractivity contribution in [3.63, 3.8) is 0 Å². The van der Waals surface area contributed by atoms with Crippen molar-refractivity contribution in [2.24, 2.45) is 0 Å². The van der Waals surface area contributed by atoms with Crippen LogP contribution in [0.3, 0.4) is 0 Å². The van der Waals surface area contributed by atoms with E-state index in [4.69, 9.17) is 0 Å². The summed E-state index contributed by atoms with van der Waals surface area (Å²) in [4.78, 5) is 2.43. The molecule has 2 N–H and O–H groups in total. The van der Waals surface area contributed by atoms with Crippen molar-refractivity contribution in [2.45, 2.75) is 82.5 Å². The molecule has 1 heterocycles. The standard InChI is InChI=1S/C15H30N2O/c1-12(11-13-7-5-6-10-16-13)17(2)14-8-3-4-9-15(14)18/h12-16,18H,3-11H2,1-2H3. The molecule has 2 fully saturated rings.